The lowest BCUT2D eigenvalue weighted by atomic mass is 9.96. The van der Waals surface area contributed by atoms with E-state index in [9.17, 15) is 19.5 Å². The quantitative estimate of drug-likeness (QED) is 0.714. The number of aliphatic hydroxyl groups is 1. The van der Waals surface area contributed by atoms with Crippen molar-refractivity contribution in [2.45, 2.75) is 38.6 Å². The smallest absolute Gasteiger partial charge is 0.303 e. The Morgan fingerprint density at radius 3 is 2.38 bits per heavy atom. The Balaban J connectivity index is 2.15. The second-order valence-corrected chi connectivity index (χ2v) is 5.83. The first kappa shape index (κ1) is 17.7. The first-order valence-corrected chi connectivity index (χ1v) is 7.95. The minimum atomic E-state index is -0.840. The van der Waals surface area contributed by atoms with E-state index in [0.717, 1.165) is 5.56 Å². The van der Waals surface area contributed by atoms with Crippen LogP contribution >= 0.6 is 0 Å². The van der Waals surface area contributed by atoms with Crippen molar-refractivity contribution < 1.29 is 24.6 Å². The number of Topliss-reactive ketones (excluding diaryl/α,β-unsaturated/α-hetero) is 1. The molecule has 0 bridgehead atoms. The predicted molar refractivity (Wildman–Crippen MR) is 87.3 cm³/mol. The lowest BCUT2D eigenvalue weighted by Gasteiger charge is -2.26. The Morgan fingerprint density at radius 1 is 1.12 bits per heavy atom. The van der Waals surface area contributed by atoms with Crippen LogP contribution in [0.4, 0.5) is 0 Å². The molecular formula is C18H21NO5. The van der Waals surface area contributed by atoms with E-state index in [-0.39, 0.29) is 17.8 Å². The predicted octanol–water partition coefficient (Wildman–Crippen LogP) is 2.62. The van der Waals surface area contributed by atoms with Gasteiger partial charge in [0.25, 0.3) is 5.91 Å². The minimum absolute atomic E-state index is 0.0955. The molecular weight excluding hydrogens is 310 g/mol. The summed E-state index contributed by atoms with van der Waals surface area (Å²) in [4.78, 5) is 36.3. The van der Waals surface area contributed by atoms with Crippen LogP contribution in [-0.2, 0) is 14.4 Å². The summed E-state index contributed by atoms with van der Waals surface area (Å²) < 4.78 is 0. The molecule has 1 atom stereocenters. The van der Waals surface area contributed by atoms with E-state index >= 15 is 0 Å². The van der Waals surface area contributed by atoms with Crippen LogP contribution in [0.5, 0.6) is 0 Å². The third-order valence-corrected chi connectivity index (χ3v) is 4.09. The van der Waals surface area contributed by atoms with Crippen LogP contribution in [0.2, 0.25) is 0 Å². The van der Waals surface area contributed by atoms with Crippen molar-refractivity contribution in [3.8, 4) is 0 Å². The van der Waals surface area contributed by atoms with Crippen molar-refractivity contribution >= 4 is 17.7 Å². The highest BCUT2D eigenvalue weighted by atomic mass is 16.4. The van der Waals surface area contributed by atoms with Gasteiger partial charge in [0.15, 0.2) is 11.5 Å². The van der Waals surface area contributed by atoms with Gasteiger partial charge in [-0.25, -0.2) is 0 Å². The fourth-order valence-corrected chi connectivity index (χ4v) is 2.96. The van der Waals surface area contributed by atoms with Crippen LogP contribution in [0.3, 0.4) is 0 Å². The van der Waals surface area contributed by atoms with Gasteiger partial charge < -0.3 is 15.1 Å². The summed E-state index contributed by atoms with van der Waals surface area (Å²) in [5.74, 6) is -2.20. The Morgan fingerprint density at radius 2 is 1.79 bits per heavy atom. The van der Waals surface area contributed by atoms with Crippen molar-refractivity contribution in [2.24, 2.45) is 0 Å². The molecule has 2 rings (SSSR count). The number of aliphatic carboxylic acids is 1. The van der Waals surface area contributed by atoms with Gasteiger partial charge in [-0.15, -0.1) is 0 Å². The van der Waals surface area contributed by atoms with Gasteiger partial charge in [-0.05, 0) is 25.3 Å². The maximum Gasteiger partial charge on any atom is 0.303 e. The fraction of sp³-hybridized carbons (Fsp3) is 0.389. The fourth-order valence-electron chi connectivity index (χ4n) is 2.96. The average molecular weight is 331 g/mol. The van der Waals surface area contributed by atoms with Gasteiger partial charge in [0.05, 0.1) is 11.6 Å². The van der Waals surface area contributed by atoms with Crippen molar-refractivity contribution in [3.05, 3.63) is 47.2 Å². The maximum absolute atomic E-state index is 12.3. The monoisotopic (exact) mass is 331 g/mol. The Labute approximate surface area is 140 Å². The number of amides is 1. The van der Waals surface area contributed by atoms with Gasteiger partial charge in [0.1, 0.15) is 0 Å². The molecule has 2 N–H and O–H groups in total. The van der Waals surface area contributed by atoms with Crippen LogP contribution in [0.15, 0.2) is 41.7 Å². The summed E-state index contributed by atoms with van der Waals surface area (Å²) >= 11 is 0. The Bertz CT molecular complexity index is 665. The molecule has 0 fully saturated rings. The molecule has 1 amide bonds. The number of nitrogens with zero attached hydrogens (tertiary/aromatic N) is 1. The largest absolute Gasteiger partial charge is 0.503 e. The van der Waals surface area contributed by atoms with Gasteiger partial charge in [-0.3, -0.25) is 14.4 Å². The van der Waals surface area contributed by atoms with E-state index in [1.54, 1.807) is 0 Å². The zero-order valence-corrected chi connectivity index (χ0v) is 13.6. The Hall–Kier alpha value is -2.63. The number of carbonyl (C=O) groups is 3. The second kappa shape index (κ2) is 7.77. The van der Waals surface area contributed by atoms with E-state index in [4.69, 9.17) is 5.11 Å². The number of carbonyl (C=O) groups excluding carboxylic acids is 2. The SMILES string of the molecule is CC(=O)C1=C(O)C(=O)N(CCCCCC(=O)O)C1c1ccccc1. The van der Waals surface area contributed by atoms with E-state index in [0.29, 0.717) is 25.8 Å². The molecule has 6 nitrogen and oxygen atoms in total. The van der Waals surface area contributed by atoms with E-state index in [1.165, 1.54) is 11.8 Å². The number of carboxylic acids is 1. The highest BCUT2D eigenvalue weighted by Gasteiger charge is 2.41. The number of unbranched alkanes of at least 4 members (excludes halogenated alkanes) is 2. The van der Waals surface area contributed by atoms with Crippen molar-refractivity contribution in [2.75, 3.05) is 6.54 Å². The Kier molecular flexibility index (Phi) is 5.73. The van der Waals surface area contributed by atoms with Gasteiger partial charge in [0.2, 0.25) is 0 Å². The van der Waals surface area contributed by atoms with Gasteiger partial charge in [0, 0.05) is 13.0 Å². The number of hydrogen-bond donors (Lipinski definition) is 2. The van der Waals surface area contributed by atoms with Crippen LogP contribution < -0.4 is 0 Å². The summed E-state index contributed by atoms with van der Waals surface area (Å²) in [5, 5.41) is 18.7. The van der Waals surface area contributed by atoms with Crippen LogP contribution in [0, 0.1) is 0 Å². The summed E-state index contributed by atoms with van der Waals surface area (Å²) in [7, 11) is 0. The molecule has 1 unspecified atom stereocenters. The molecule has 1 aliphatic rings. The molecule has 6 heteroatoms. The average Bonchev–Trinajstić information content (AvgIpc) is 2.80. The molecule has 1 aliphatic heterocycles. The van der Waals surface area contributed by atoms with Crippen LogP contribution in [0.1, 0.15) is 44.2 Å². The molecule has 0 spiro atoms. The second-order valence-electron chi connectivity index (χ2n) is 5.83. The molecule has 0 saturated heterocycles. The lowest BCUT2D eigenvalue weighted by Crippen LogP contribution is -2.32. The highest BCUT2D eigenvalue weighted by molar-refractivity contribution is 6.08. The lowest BCUT2D eigenvalue weighted by molar-refractivity contribution is -0.137. The maximum atomic E-state index is 12.3. The molecule has 1 heterocycles. The highest BCUT2D eigenvalue weighted by Crippen LogP contribution is 2.37. The number of rotatable bonds is 8. The third-order valence-electron chi connectivity index (χ3n) is 4.09. The van der Waals surface area contributed by atoms with Gasteiger partial charge >= 0.3 is 5.97 Å². The van der Waals surface area contributed by atoms with E-state index in [1.807, 2.05) is 30.3 Å². The number of aliphatic hydroxyl groups excluding tert-OH is 1. The molecule has 0 radical (unpaired) electrons. The molecule has 0 aliphatic carbocycles. The summed E-state index contributed by atoms with van der Waals surface area (Å²) in [5.41, 5.74) is 0.891. The zero-order valence-electron chi connectivity index (χ0n) is 13.6. The number of benzene rings is 1. The van der Waals surface area contributed by atoms with E-state index in [2.05, 4.69) is 0 Å². The normalized spacial score (nSPS) is 17.5. The summed E-state index contributed by atoms with van der Waals surface area (Å²) in [6, 6.07) is 8.52. The first-order chi connectivity index (χ1) is 11.4. The van der Waals surface area contributed by atoms with Gasteiger partial charge in [-0.1, -0.05) is 36.8 Å². The number of carboxylic acid groups (broad SMARTS) is 1. The van der Waals surface area contributed by atoms with Crippen molar-refractivity contribution in [1.29, 1.82) is 0 Å². The molecule has 128 valence electrons. The van der Waals surface area contributed by atoms with Crippen molar-refractivity contribution in [1.82, 2.24) is 4.90 Å². The molecule has 0 saturated carbocycles. The van der Waals surface area contributed by atoms with Crippen molar-refractivity contribution in [3.63, 3.8) is 0 Å². The standard InChI is InChI=1S/C18H21NO5/c1-12(20)15-16(13-8-4-2-5-9-13)19(18(24)17(15)23)11-7-3-6-10-14(21)22/h2,4-5,8-9,16,23H,3,6-7,10-11H2,1H3,(H,21,22). The minimum Gasteiger partial charge on any atom is -0.503 e. The summed E-state index contributed by atoms with van der Waals surface area (Å²) in [6.07, 6.45) is 1.90. The molecule has 1 aromatic rings. The van der Waals surface area contributed by atoms with Gasteiger partial charge in [-0.2, -0.15) is 0 Å². The number of hydrogen-bond acceptors (Lipinski definition) is 4. The third kappa shape index (κ3) is 3.82. The molecule has 1 aromatic carbocycles. The van der Waals surface area contributed by atoms with Crippen LogP contribution in [0.25, 0.3) is 0 Å². The first-order valence-electron chi connectivity index (χ1n) is 7.95. The molecule has 0 aromatic heterocycles. The zero-order chi connectivity index (χ0) is 17.7. The van der Waals surface area contributed by atoms with E-state index < -0.39 is 23.7 Å². The topological polar surface area (TPSA) is 94.9 Å². The molecule has 24 heavy (non-hydrogen) atoms. The summed E-state index contributed by atoms with van der Waals surface area (Å²) in [6.45, 7) is 1.70. The number of ketones is 1. The van der Waals surface area contributed by atoms with Crippen LogP contribution in [-0.4, -0.2) is 39.3 Å².